The van der Waals surface area contributed by atoms with Crippen LogP contribution in [0.2, 0.25) is 0 Å². The summed E-state index contributed by atoms with van der Waals surface area (Å²) in [7, 11) is 0. The molecule has 3 rings (SSSR count). The van der Waals surface area contributed by atoms with Gasteiger partial charge in [-0.05, 0) is 18.6 Å². The molecule has 1 aliphatic rings. The van der Waals surface area contributed by atoms with Crippen molar-refractivity contribution in [3.63, 3.8) is 0 Å². The molecule has 0 saturated heterocycles. The summed E-state index contributed by atoms with van der Waals surface area (Å²) >= 11 is 0. The fraction of sp³-hybridized carbons (Fsp3) is 0.357. The zero-order chi connectivity index (χ0) is 13.4. The number of halogens is 1. The number of H-pyrrole nitrogens is 1. The number of carbonyl (C=O) groups is 1. The van der Waals surface area contributed by atoms with E-state index in [-0.39, 0.29) is 17.8 Å². The van der Waals surface area contributed by atoms with Gasteiger partial charge in [0.1, 0.15) is 11.9 Å². The molecule has 2 heterocycles. The van der Waals surface area contributed by atoms with Crippen molar-refractivity contribution in [1.82, 2.24) is 10.3 Å². The molecule has 0 saturated carbocycles. The minimum atomic E-state index is -0.358. The van der Waals surface area contributed by atoms with Crippen LogP contribution in [-0.4, -0.2) is 23.6 Å². The number of carbonyl (C=O) groups excluding carboxylic acids is 1. The maximum atomic E-state index is 13.7. The molecule has 1 unspecified atom stereocenters. The molecule has 1 atom stereocenters. The zero-order valence-corrected chi connectivity index (χ0v) is 10.6. The standard InChI is InChI=1S/C14H15FN2O2/c1-2-19-14(18)12-6-11-9(7-16-12)8-4-3-5-10(15)13(8)17-11/h3-5,12,16-17H,2,6-7H2,1H3. The Balaban J connectivity index is 1.96. The third-order valence-corrected chi connectivity index (χ3v) is 3.48. The molecule has 1 aromatic heterocycles. The van der Waals surface area contributed by atoms with Gasteiger partial charge in [0.15, 0.2) is 0 Å². The molecule has 19 heavy (non-hydrogen) atoms. The van der Waals surface area contributed by atoms with Crippen molar-refractivity contribution in [2.24, 2.45) is 0 Å². The number of aromatic nitrogens is 1. The highest BCUT2D eigenvalue weighted by Crippen LogP contribution is 2.27. The lowest BCUT2D eigenvalue weighted by atomic mass is 10.0. The quantitative estimate of drug-likeness (QED) is 0.813. The summed E-state index contributed by atoms with van der Waals surface area (Å²) in [5.74, 6) is -0.521. The van der Waals surface area contributed by atoms with Crippen LogP contribution >= 0.6 is 0 Å². The van der Waals surface area contributed by atoms with Gasteiger partial charge in [0.25, 0.3) is 0 Å². The van der Waals surface area contributed by atoms with Gasteiger partial charge in [-0.3, -0.25) is 10.1 Å². The first-order valence-corrected chi connectivity index (χ1v) is 6.38. The molecule has 4 nitrogen and oxygen atoms in total. The van der Waals surface area contributed by atoms with Gasteiger partial charge >= 0.3 is 5.97 Å². The van der Waals surface area contributed by atoms with Crippen molar-refractivity contribution in [3.8, 4) is 0 Å². The third-order valence-electron chi connectivity index (χ3n) is 3.48. The van der Waals surface area contributed by atoms with Crippen molar-refractivity contribution in [1.29, 1.82) is 0 Å². The predicted octanol–water partition coefficient (Wildman–Crippen LogP) is 1.88. The molecular weight excluding hydrogens is 247 g/mol. The summed E-state index contributed by atoms with van der Waals surface area (Å²) in [6.07, 6.45) is 0.502. The van der Waals surface area contributed by atoms with Gasteiger partial charge in [-0.2, -0.15) is 0 Å². The zero-order valence-electron chi connectivity index (χ0n) is 10.6. The van der Waals surface area contributed by atoms with E-state index in [2.05, 4.69) is 10.3 Å². The van der Waals surface area contributed by atoms with Gasteiger partial charge in [0.2, 0.25) is 0 Å². The second-order valence-corrected chi connectivity index (χ2v) is 4.63. The number of aromatic amines is 1. The highest BCUT2D eigenvalue weighted by molar-refractivity contribution is 5.86. The van der Waals surface area contributed by atoms with E-state index in [1.165, 1.54) is 6.07 Å². The van der Waals surface area contributed by atoms with Crippen molar-refractivity contribution in [3.05, 3.63) is 35.3 Å². The first kappa shape index (κ1) is 12.2. The summed E-state index contributed by atoms with van der Waals surface area (Å²) < 4.78 is 18.7. The Morgan fingerprint density at radius 2 is 2.37 bits per heavy atom. The van der Waals surface area contributed by atoms with Gasteiger partial charge in [-0.15, -0.1) is 0 Å². The second-order valence-electron chi connectivity index (χ2n) is 4.63. The molecule has 2 N–H and O–H groups in total. The van der Waals surface area contributed by atoms with E-state index < -0.39 is 0 Å². The summed E-state index contributed by atoms with van der Waals surface area (Å²) in [5.41, 5.74) is 2.46. The second kappa shape index (κ2) is 4.66. The molecular formula is C14H15FN2O2. The molecule has 2 aromatic rings. The van der Waals surface area contributed by atoms with Gasteiger partial charge in [-0.25, -0.2) is 4.39 Å². The molecule has 1 aliphatic heterocycles. The largest absolute Gasteiger partial charge is 0.465 e. The van der Waals surface area contributed by atoms with Crippen LogP contribution < -0.4 is 5.32 Å². The van der Waals surface area contributed by atoms with Gasteiger partial charge in [0, 0.05) is 24.0 Å². The Bertz CT molecular complexity index is 636. The lowest BCUT2D eigenvalue weighted by Crippen LogP contribution is -2.42. The van der Waals surface area contributed by atoms with Crippen LogP contribution in [0, 0.1) is 5.82 Å². The van der Waals surface area contributed by atoms with Crippen molar-refractivity contribution in [2.45, 2.75) is 25.9 Å². The minimum Gasteiger partial charge on any atom is -0.465 e. The molecule has 0 aliphatic carbocycles. The summed E-state index contributed by atoms with van der Waals surface area (Å²) in [6, 6.07) is 4.66. The predicted molar refractivity (Wildman–Crippen MR) is 69.2 cm³/mol. The molecule has 0 spiro atoms. The number of para-hydroxylation sites is 1. The average molecular weight is 262 g/mol. The van der Waals surface area contributed by atoms with Gasteiger partial charge in [0.05, 0.1) is 12.1 Å². The third kappa shape index (κ3) is 2.00. The maximum Gasteiger partial charge on any atom is 0.323 e. The topological polar surface area (TPSA) is 54.1 Å². The Labute approximate surface area is 109 Å². The highest BCUT2D eigenvalue weighted by Gasteiger charge is 2.28. The van der Waals surface area contributed by atoms with Crippen LogP contribution in [-0.2, 0) is 22.5 Å². The van der Waals surface area contributed by atoms with Crippen LogP contribution in [0.4, 0.5) is 4.39 Å². The molecule has 5 heteroatoms. The van der Waals surface area contributed by atoms with Crippen LogP contribution in [0.1, 0.15) is 18.2 Å². The molecule has 100 valence electrons. The fourth-order valence-electron chi connectivity index (χ4n) is 2.58. The normalized spacial score (nSPS) is 18.3. The van der Waals surface area contributed by atoms with Crippen LogP contribution in [0.5, 0.6) is 0 Å². The van der Waals surface area contributed by atoms with Crippen LogP contribution in [0.15, 0.2) is 18.2 Å². The van der Waals surface area contributed by atoms with Crippen LogP contribution in [0.25, 0.3) is 10.9 Å². The number of esters is 1. The first-order valence-electron chi connectivity index (χ1n) is 6.38. The van der Waals surface area contributed by atoms with E-state index >= 15 is 0 Å². The van der Waals surface area contributed by atoms with Crippen molar-refractivity contribution < 1.29 is 13.9 Å². The number of nitrogens with one attached hydrogen (secondary N) is 2. The van der Waals surface area contributed by atoms with Crippen LogP contribution in [0.3, 0.4) is 0 Å². The lowest BCUT2D eigenvalue weighted by Gasteiger charge is -2.22. The average Bonchev–Trinajstić information content (AvgIpc) is 2.78. The number of hydrogen-bond acceptors (Lipinski definition) is 3. The van der Waals surface area contributed by atoms with E-state index in [4.69, 9.17) is 4.74 Å². The first-order chi connectivity index (χ1) is 9.20. The molecule has 0 bridgehead atoms. The SMILES string of the molecule is CCOC(=O)C1Cc2[nH]c3c(F)cccc3c2CN1. The Morgan fingerprint density at radius 3 is 3.16 bits per heavy atom. The molecule has 0 radical (unpaired) electrons. The number of ether oxygens (including phenoxy) is 1. The van der Waals surface area contributed by atoms with E-state index in [0.29, 0.717) is 25.1 Å². The van der Waals surface area contributed by atoms with E-state index in [0.717, 1.165) is 16.6 Å². The number of hydrogen-bond donors (Lipinski definition) is 2. The summed E-state index contributed by atoms with van der Waals surface area (Å²) in [4.78, 5) is 14.8. The van der Waals surface area contributed by atoms with E-state index in [1.54, 1.807) is 13.0 Å². The van der Waals surface area contributed by atoms with E-state index in [1.807, 2.05) is 6.07 Å². The smallest absolute Gasteiger partial charge is 0.323 e. The number of fused-ring (bicyclic) bond motifs is 3. The summed E-state index contributed by atoms with van der Waals surface area (Å²) in [5, 5.41) is 4.02. The lowest BCUT2D eigenvalue weighted by molar-refractivity contribution is -0.145. The Kier molecular flexibility index (Phi) is 2.98. The van der Waals surface area contributed by atoms with Crippen molar-refractivity contribution >= 4 is 16.9 Å². The van der Waals surface area contributed by atoms with E-state index in [9.17, 15) is 9.18 Å². The Hall–Kier alpha value is -1.88. The Morgan fingerprint density at radius 1 is 1.53 bits per heavy atom. The number of benzene rings is 1. The minimum absolute atomic E-state index is 0.257. The molecule has 1 aromatic carbocycles. The molecule has 0 fully saturated rings. The van der Waals surface area contributed by atoms with Crippen molar-refractivity contribution in [2.75, 3.05) is 6.61 Å². The summed E-state index contributed by atoms with van der Waals surface area (Å²) in [6.45, 7) is 2.69. The van der Waals surface area contributed by atoms with Gasteiger partial charge in [-0.1, -0.05) is 12.1 Å². The maximum absolute atomic E-state index is 13.7. The molecule has 0 amide bonds. The highest BCUT2D eigenvalue weighted by atomic mass is 19.1. The monoisotopic (exact) mass is 262 g/mol. The number of rotatable bonds is 2. The fourth-order valence-corrected chi connectivity index (χ4v) is 2.58. The van der Waals surface area contributed by atoms with Gasteiger partial charge < -0.3 is 9.72 Å².